The van der Waals surface area contributed by atoms with Crippen LogP contribution in [0, 0.1) is 0 Å². The van der Waals surface area contributed by atoms with Gasteiger partial charge in [0.1, 0.15) is 13.2 Å². The summed E-state index contributed by atoms with van der Waals surface area (Å²) in [6.07, 6.45) is 95.3. The van der Waals surface area contributed by atoms with Crippen molar-refractivity contribution in [1.29, 1.82) is 0 Å². The molecule has 470 valence electrons. The number of carbonyl (C=O) groups is 3. The number of hydrogen-bond donors (Lipinski definition) is 0. The van der Waals surface area contributed by atoms with Crippen LogP contribution in [-0.2, 0) is 28.6 Å². The minimum atomic E-state index is -0.786. The third-order valence-corrected chi connectivity index (χ3v) is 15.0. The van der Waals surface area contributed by atoms with Gasteiger partial charge in [-0.15, -0.1) is 0 Å². The summed E-state index contributed by atoms with van der Waals surface area (Å²) in [4.78, 5) is 38.4. The highest BCUT2D eigenvalue weighted by Crippen LogP contribution is 2.17. The van der Waals surface area contributed by atoms with Gasteiger partial charge in [0.2, 0.25) is 0 Å². The van der Waals surface area contributed by atoms with Crippen LogP contribution in [0.3, 0.4) is 0 Å². The lowest BCUT2D eigenvalue weighted by Gasteiger charge is -2.18. The molecule has 1 unspecified atom stereocenters. The van der Waals surface area contributed by atoms with Crippen molar-refractivity contribution < 1.29 is 28.6 Å². The van der Waals surface area contributed by atoms with Gasteiger partial charge >= 0.3 is 17.9 Å². The van der Waals surface area contributed by atoms with E-state index in [2.05, 4.69) is 130 Å². The predicted octanol–water partition coefficient (Wildman–Crippen LogP) is 24.2. The molecule has 0 bridgehead atoms. The Morgan fingerprint density at radius 1 is 0.256 bits per heavy atom. The minimum absolute atomic E-state index is 0.0803. The lowest BCUT2D eigenvalue weighted by atomic mass is 10.0. The fourth-order valence-electron chi connectivity index (χ4n) is 9.81. The van der Waals surface area contributed by atoms with Crippen molar-refractivity contribution in [3.05, 3.63) is 109 Å². The van der Waals surface area contributed by atoms with E-state index in [4.69, 9.17) is 14.2 Å². The normalized spacial score (nSPS) is 12.8. The van der Waals surface area contributed by atoms with Crippen molar-refractivity contribution in [2.24, 2.45) is 0 Å². The minimum Gasteiger partial charge on any atom is -0.462 e. The smallest absolute Gasteiger partial charge is 0.306 e. The van der Waals surface area contributed by atoms with Crippen LogP contribution in [0.25, 0.3) is 0 Å². The zero-order valence-corrected chi connectivity index (χ0v) is 54.0. The molecule has 0 aromatic carbocycles. The first-order valence-corrected chi connectivity index (χ1v) is 34.9. The van der Waals surface area contributed by atoms with Gasteiger partial charge in [-0.05, 0) is 109 Å². The van der Waals surface area contributed by atoms with Crippen LogP contribution in [0.5, 0.6) is 0 Å². The SMILES string of the molecule is CC/C=C\C/C=C\C/C=C\C/C=C\C/C=C\C/C=C\C/C=C\C/C=C\CCCCCCCCCCC(=O)OCC(COC(=O)CCCCCCCCCCCCCCCCC)OC(=O)CCCCCCC/C=C\CCCCCCCCC. The average molecular weight is 1140 g/mol. The van der Waals surface area contributed by atoms with Gasteiger partial charge in [-0.3, -0.25) is 14.4 Å². The molecule has 0 fully saturated rings. The molecule has 0 amide bonds. The van der Waals surface area contributed by atoms with Crippen molar-refractivity contribution >= 4 is 17.9 Å². The molecule has 0 spiro atoms. The molecule has 6 heteroatoms. The van der Waals surface area contributed by atoms with Crippen molar-refractivity contribution in [2.75, 3.05) is 13.2 Å². The molecule has 0 aliphatic heterocycles. The maximum Gasteiger partial charge on any atom is 0.306 e. The second kappa shape index (κ2) is 69.6. The van der Waals surface area contributed by atoms with Crippen molar-refractivity contribution in [3.8, 4) is 0 Å². The lowest BCUT2D eigenvalue weighted by molar-refractivity contribution is -0.167. The molecular formula is C76H130O6. The summed E-state index contributed by atoms with van der Waals surface area (Å²) in [5.74, 6) is -0.883. The number of carbonyl (C=O) groups excluding carboxylic acids is 3. The van der Waals surface area contributed by atoms with Gasteiger partial charge in [0, 0.05) is 19.3 Å². The van der Waals surface area contributed by atoms with Crippen LogP contribution < -0.4 is 0 Å². The van der Waals surface area contributed by atoms with Gasteiger partial charge in [0.05, 0.1) is 0 Å². The van der Waals surface area contributed by atoms with E-state index < -0.39 is 6.10 Å². The Hall–Kier alpha value is -3.93. The van der Waals surface area contributed by atoms with Crippen LogP contribution in [-0.4, -0.2) is 37.2 Å². The number of unbranched alkanes of at least 4 members (excludes halogenated alkanes) is 34. The standard InChI is InChI=1S/C76H130O6/c1-4-7-10-13-16-19-22-25-28-30-31-32-33-34-35-36-37-38-39-40-41-42-43-44-45-46-49-51-54-57-60-63-66-69-75(78)81-72-73(71-80-74(77)68-65-62-59-56-53-50-47-27-24-21-18-15-12-9-6-3)82-76(79)70-67-64-61-58-55-52-48-29-26-23-20-17-14-11-8-5-2/h7,10,16,19,25,28-29,31-32,34-35,37-38,40-41,43-44,48,73H,4-6,8-9,11-15,17-18,20-24,26-27,30,33,36,39,42,45-47,49-72H2,1-3H3/b10-7-,19-16-,28-25-,32-31-,35-34-,38-37-,41-40-,44-43-,48-29-. The molecule has 0 radical (unpaired) electrons. The maximum atomic E-state index is 12.9. The monoisotopic (exact) mass is 1140 g/mol. The van der Waals surface area contributed by atoms with E-state index in [0.717, 1.165) is 128 Å². The van der Waals surface area contributed by atoms with Crippen molar-refractivity contribution in [2.45, 2.75) is 341 Å². The molecule has 0 N–H and O–H groups in total. The van der Waals surface area contributed by atoms with Crippen LogP contribution in [0.4, 0.5) is 0 Å². The quantitative estimate of drug-likeness (QED) is 0.0261. The van der Waals surface area contributed by atoms with Crippen LogP contribution in [0.1, 0.15) is 335 Å². The Bertz CT molecular complexity index is 1640. The zero-order chi connectivity index (χ0) is 59.2. The molecule has 0 saturated carbocycles. The van der Waals surface area contributed by atoms with E-state index in [-0.39, 0.29) is 31.1 Å². The third-order valence-electron chi connectivity index (χ3n) is 15.0. The molecule has 6 nitrogen and oxygen atoms in total. The third kappa shape index (κ3) is 66.9. The lowest BCUT2D eigenvalue weighted by Crippen LogP contribution is -2.30. The summed E-state index contributed by atoms with van der Waals surface area (Å²) in [7, 11) is 0. The number of rotatable bonds is 63. The number of allylic oxidation sites excluding steroid dienone is 18. The van der Waals surface area contributed by atoms with Gasteiger partial charge < -0.3 is 14.2 Å². The van der Waals surface area contributed by atoms with Gasteiger partial charge in [-0.2, -0.15) is 0 Å². The van der Waals surface area contributed by atoms with E-state index in [1.165, 1.54) is 167 Å². The summed E-state index contributed by atoms with van der Waals surface area (Å²) in [5, 5.41) is 0. The van der Waals surface area contributed by atoms with Crippen molar-refractivity contribution in [3.63, 3.8) is 0 Å². The first-order valence-electron chi connectivity index (χ1n) is 34.9. The fourth-order valence-corrected chi connectivity index (χ4v) is 9.81. The Balaban J connectivity index is 4.29. The maximum absolute atomic E-state index is 12.9. The largest absolute Gasteiger partial charge is 0.462 e. The second-order valence-electron chi connectivity index (χ2n) is 23.1. The highest BCUT2D eigenvalue weighted by molar-refractivity contribution is 5.71. The summed E-state index contributed by atoms with van der Waals surface area (Å²) in [6, 6.07) is 0. The summed E-state index contributed by atoms with van der Waals surface area (Å²) in [6.45, 7) is 6.55. The zero-order valence-electron chi connectivity index (χ0n) is 54.0. The second-order valence-corrected chi connectivity index (χ2v) is 23.1. The van der Waals surface area contributed by atoms with Crippen LogP contribution in [0.15, 0.2) is 109 Å². The molecule has 0 aliphatic rings. The van der Waals surface area contributed by atoms with Crippen LogP contribution >= 0.6 is 0 Å². The number of ether oxygens (including phenoxy) is 3. The molecule has 0 heterocycles. The number of esters is 3. The van der Waals surface area contributed by atoms with Gasteiger partial charge in [-0.1, -0.05) is 316 Å². The average Bonchev–Trinajstić information content (AvgIpc) is 3.47. The first-order chi connectivity index (χ1) is 40.5. The molecule has 0 aromatic heterocycles. The molecule has 82 heavy (non-hydrogen) atoms. The van der Waals surface area contributed by atoms with Crippen LogP contribution in [0.2, 0.25) is 0 Å². The van der Waals surface area contributed by atoms with E-state index in [9.17, 15) is 14.4 Å². The molecule has 0 aromatic rings. The Morgan fingerprint density at radius 3 is 0.756 bits per heavy atom. The molecule has 0 aliphatic carbocycles. The molecular weight excluding hydrogens is 1010 g/mol. The molecule has 0 rings (SSSR count). The summed E-state index contributed by atoms with van der Waals surface area (Å²) in [5.41, 5.74) is 0. The van der Waals surface area contributed by atoms with E-state index >= 15 is 0 Å². The van der Waals surface area contributed by atoms with Gasteiger partial charge in [-0.25, -0.2) is 0 Å². The Kier molecular flexibility index (Phi) is 66.2. The van der Waals surface area contributed by atoms with E-state index in [0.29, 0.717) is 19.3 Å². The Morgan fingerprint density at radius 2 is 0.476 bits per heavy atom. The predicted molar refractivity (Wildman–Crippen MR) is 357 cm³/mol. The topological polar surface area (TPSA) is 78.9 Å². The fraction of sp³-hybridized carbons (Fsp3) is 0.724. The van der Waals surface area contributed by atoms with E-state index in [1.807, 2.05) is 0 Å². The summed E-state index contributed by atoms with van der Waals surface area (Å²) >= 11 is 0. The Labute approximate surface area is 508 Å². The van der Waals surface area contributed by atoms with E-state index in [1.54, 1.807) is 0 Å². The highest BCUT2D eigenvalue weighted by Gasteiger charge is 2.19. The van der Waals surface area contributed by atoms with Crippen molar-refractivity contribution in [1.82, 2.24) is 0 Å². The number of hydrogen-bond acceptors (Lipinski definition) is 6. The molecule has 0 saturated heterocycles. The summed E-state index contributed by atoms with van der Waals surface area (Å²) < 4.78 is 17.0. The van der Waals surface area contributed by atoms with Gasteiger partial charge in [0.25, 0.3) is 0 Å². The van der Waals surface area contributed by atoms with Gasteiger partial charge in [0.15, 0.2) is 6.10 Å². The first kappa shape index (κ1) is 78.1. The molecule has 1 atom stereocenters. The highest BCUT2D eigenvalue weighted by atomic mass is 16.6.